The number of hydrogen-bond acceptors (Lipinski definition) is 5. The summed E-state index contributed by atoms with van der Waals surface area (Å²) >= 11 is 1.52. The third-order valence-electron chi connectivity index (χ3n) is 3.48. The fourth-order valence-corrected chi connectivity index (χ4v) is 3.33. The topological polar surface area (TPSA) is 77.6 Å². The minimum atomic E-state index is -0.280. The lowest BCUT2D eigenvalue weighted by molar-refractivity contribution is 0.102. The van der Waals surface area contributed by atoms with E-state index in [2.05, 4.69) is 20.5 Å². The van der Waals surface area contributed by atoms with Crippen molar-refractivity contribution in [2.45, 2.75) is 6.92 Å². The van der Waals surface area contributed by atoms with Crippen molar-refractivity contribution in [1.29, 1.82) is 0 Å². The fraction of sp³-hybridized carbons (Fsp3) is 0.125. The Bertz CT molecular complexity index is 1010. The van der Waals surface area contributed by atoms with Crippen molar-refractivity contribution in [3.63, 3.8) is 0 Å². The average molecular weight is 338 g/mol. The number of nitrogens with zero attached hydrogens (tertiary/aromatic N) is 5. The smallest absolute Gasteiger partial charge is 0.277 e. The number of nitrogens with one attached hydrogen (secondary N) is 1. The van der Waals surface area contributed by atoms with Gasteiger partial charge in [-0.1, -0.05) is 23.5 Å². The minimum absolute atomic E-state index is 0.280. The van der Waals surface area contributed by atoms with Crippen LogP contribution in [-0.4, -0.2) is 30.5 Å². The molecule has 0 spiro atoms. The van der Waals surface area contributed by atoms with Crippen LogP contribution in [0.3, 0.4) is 0 Å². The first kappa shape index (κ1) is 14.6. The zero-order valence-electron chi connectivity index (χ0n) is 13.1. The Balaban J connectivity index is 1.71. The fourth-order valence-electron chi connectivity index (χ4n) is 2.40. The van der Waals surface area contributed by atoms with Crippen LogP contribution < -0.4 is 5.32 Å². The first-order valence-electron chi connectivity index (χ1n) is 7.34. The number of para-hydroxylation sites is 1. The van der Waals surface area contributed by atoms with E-state index in [4.69, 9.17) is 0 Å². The lowest BCUT2D eigenvalue weighted by Gasteiger charge is -2.04. The highest BCUT2D eigenvalue weighted by Crippen LogP contribution is 2.27. The Morgan fingerprint density at radius 1 is 1.21 bits per heavy atom. The molecule has 1 aromatic carbocycles. The molecular formula is C16H14N6OS. The number of hydrogen-bond donors (Lipinski definition) is 1. The first-order chi connectivity index (χ1) is 11.6. The number of amides is 1. The normalized spacial score (nSPS) is 11.1. The van der Waals surface area contributed by atoms with Gasteiger partial charge in [0.15, 0.2) is 5.69 Å². The number of carbonyl (C=O) groups excluding carboxylic acids is 1. The quantitative estimate of drug-likeness (QED) is 0.623. The lowest BCUT2D eigenvalue weighted by atomic mass is 10.3. The van der Waals surface area contributed by atoms with Gasteiger partial charge in [-0.2, -0.15) is 14.9 Å². The van der Waals surface area contributed by atoms with E-state index in [0.717, 1.165) is 15.9 Å². The summed E-state index contributed by atoms with van der Waals surface area (Å²) in [5, 5.41) is 12.1. The predicted octanol–water partition coefficient (Wildman–Crippen LogP) is 2.78. The van der Waals surface area contributed by atoms with Crippen LogP contribution in [0.2, 0.25) is 0 Å². The van der Waals surface area contributed by atoms with E-state index in [1.807, 2.05) is 37.3 Å². The average Bonchev–Trinajstić information content (AvgIpc) is 3.25. The van der Waals surface area contributed by atoms with Crippen molar-refractivity contribution >= 4 is 33.3 Å². The van der Waals surface area contributed by atoms with E-state index in [1.54, 1.807) is 28.7 Å². The zero-order chi connectivity index (χ0) is 16.7. The summed E-state index contributed by atoms with van der Waals surface area (Å²) < 4.78 is 4.31. The van der Waals surface area contributed by atoms with E-state index in [-0.39, 0.29) is 5.91 Å². The number of carbonyl (C=O) groups is 1. The molecule has 0 aliphatic heterocycles. The number of aromatic nitrogens is 5. The van der Waals surface area contributed by atoms with E-state index in [9.17, 15) is 4.79 Å². The van der Waals surface area contributed by atoms with Gasteiger partial charge in [0.05, 0.1) is 15.9 Å². The van der Waals surface area contributed by atoms with Gasteiger partial charge in [-0.3, -0.25) is 9.48 Å². The Morgan fingerprint density at radius 3 is 2.79 bits per heavy atom. The molecule has 0 aliphatic carbocycles. The molecule has 3 aromatic heterocycles. The van der Waals surface area contributed by atoms with Crippen LogP contribution in [0.25, 0.3) is 15.3 Å². The maximum Gasteiger partial charge on any atom is 0.277 e. The molecule has 4 aromatic rings. The Morgan fingerprint density at radius 2 is 2.04 bits per heavy atom. The largest absolute Gasteiger partial charge is 0.305 e. The number of aryl methyl sites for hydroxylation is 2. The molecule has 4 rings (SSSR count). The zero-order valence-corrected chi connectivity index (χ0v) is 13.9. The molecule has 0 atom stereocenters. The number of anilines is 1. The number of thiazole rings is 1. The van der Waals surface area contributed by atoms with Crippen LogP contribution in [0, 0.1) is 6.92 Å². The van der Waals surface area contributed by atoms with Crippen LogP contribution in [0.5, 0.6) is 0 Å². The molecule has 8 heteroatoms. The minimum Gasteiger partial charge on any atom is -0.305 e. The summed E-state index contributed by atoms with van der Waals surface area (Å²) in [6.45, 7) is 1.88. The van der Waals surface area contributed by atoms with Crippen molar-refractivity contribution in [2.75, 3.05) is 5.32 Å². The molecule has 1 N–H and O–H groups in total. The lowest BCUT2D eigenvalue weighted by Crippen LogP contribution is -2.16. The molecule has 0 fully saturated rings. The third kappa shape index (κ3) is 2.56. The third-order valence-corrected chi connectivity index (χ3v) is 4.50. The van der Waals surface area contributed by atoms with Gasteiger partial charge in [0, 0.05) is 19.3 Å². The second kappa shape index (κ2) is 5.57. The van der Waals surface area contributed by atoms with Crippen LogP contribution >= 0.6 is 11.3 Å². The predicted molar refractivity (Wildman–Crippen MR) is 92.6 cm³/mol. The second-order valence-corrected chi connectivity index (χ2v) is 6.38. The van der Waals surface area contributed by atoms with E-state index >= 15 is 0 Å². The molecule has 0 radical (unpaired) electrons. The van der Waals surface area contributed by atoms with E-state index in [1.165, 1.54) is 11.3 Å². The number of fused-ring (bicyclic) bond motifs is 1. The molecule has 0 aliphatic rings. The van der Waals surface area contributed by atoms with Crippen LogP contribution in [0.4, 0.5) is 5.82 Å². The molecule has 24 heavy (non-hydrogen) atoms. The summed E-state index contributed by atoms with van der Waals surface area (Å²) in [4.78, 5) is 16.9. The Labute approximate surface area is 141 Å². The molecule has 7 nitrogen and oxygen atoms in total. The molecule has 3 heterocycles. The summed E-state index contributed by atoms with van der Waals surface area (Å²) in [7, 11) is 1.77. The number of rotatable bonds is 3. The van der Waals surface area contributed by atoms with Crippen LogP contribution in [0.1, 0.15) is 16.2 Å². The summed E-state index contributed by atoms with van der Waals surface area (Å²) in [5.74, 6) is 0.292. The monoisotopic (exact) mass is 338 g/mol. The van der Waals surface area contributed by atoms with Gasteiger partial charge in [0.1, 0.15) is 5.82 Å². The van der Waals surface area contributed by atoms with Gasteiger partial charge in [0.25, 0.3) is 5.91 Å². The maximum absolute atomic E-state index is 12.3. The second-order valence-electron chi connectivity index (χ2n) is 5.38. The van der Waals surface area contributed by atoms with Crippen molar-refractivity contribution in [1.82, 2.24) is 24.5 Å². The molecular weight excluding hydrogens is 324 g/mol. The Kier molecular flexibility index (Phi) is 3.39. The summed E-state index contributed by atoms with van der Waals surface area (Å²) in [6, 6.07) is 11.4. The van der Waals surface area contributed by atoms with E-state index in [0.29, 0.717) is 16.6 Å². The van der Waals surface area contributed by atoms with Crippen molar-refractivity contribution in [3.05, 3.63) is 54.0 Å². The van der Waals surface area contributed by atoms with Gasteiger partial charge >= 0.3 is 0 Å². The van der Waals surface area contributed by atoms with Crippen LogP contribution in [-0.2, 0) is 7.05 Å². The highest BCUT2D eigenvalue weighted by Gasteiger charge is 2.16. The van der Waals surface area contributed by atoms with E-state index < -0.39 is 0 Å². The van der Waals surface area contributed by atoms with Gasteiger partial charge in [-0.15, -0.1) is 0 Å². The summed E-state index contributed by atoms with van der Waals surface area (Å²) in [5.41, 5.74) is 2.06. The van der Waals surface area contributed by atoms with Gasteiger partial charge in [0.2, 0.25) is 5.13 Å². The van der Waals surface area contributed by atoms with Crippen molar-refractivity contribution in [2.24, 2.45) is 7.05 Å². The molecule has 120 valence electrons. The van der Waals surface area contributed by atoms with Crippen molar-refractivity contribution < 1.29 is 4.79 Å². The molecule has 0 unspecified atom stereocenters. The van der Waals surface area contributed by atoms with Gasteiger partial charge < -0.3 is 5.32 Å². The molecule has 0 bridgehead atoms. The SMILES string of the molecule is Cc1cc(NC(=O)c2ccn(C)n2)n(-c2nc3ccccc3s2)n1. The standard InChI is InChI=1S/C16H14N6OS/c1-10-9-14(18-15(23)12-7-8-21(2)20-12)22(19-10)16-17-11-5-3-4-6-13(11)24-16/h3-9H,1-2H3,(H,18,23). The molecule has 1 amide bonds. The maximum atomic E-state index is 12.3. The number of benzene rings is 1. The molecule has 0 saturated heterocycles. The highest BCUT2D eigenvalue weighted by molar-refractivity contribution is 7.20. The van der Waals surface area contributed by atoms with Gasteiger partial charge in [-0.25, -0.2) is 4.98 Å². The Hall–Kier alpha value is -3.00. The highest BCUT2D eigenvalue weighted by atomic mass is 32.1. The van der Waals surface area contributed by atoms with Crippen LogP contribution in [0.15, 0.2) is 42.6 Å². The molecule has 0 saturated carbocycles. The first-order valence-corrected chi connectivity index (χ1v) is 8.15. The van der Waals surface area contributed by atoms with Crippen molar-refractivity contribution in [3.8, 4) is 5.13 Å². The van der Waals surface area contributed by atoms with Gasteiger partial charge in [-0.05, 0) is 25.1 Å². The summed E-state index contributed by atoms with van der Waals surface area (Å²) in [6.07, 6.45) is 1.73.